The van der Waals surface area contributed by atoms with Gasteiger partial charge in [-0.3, -0.25) is 9.78 Å². The number of halogens is 1. The lowest BCUT2D eigenvalue weighted by molar-refractivity contribution is -0.116. The Labute approximate surface area is 187 Å². The number of benzene rings is 2. The van der Waals surface area contributed by atoms with E-state index in [0.717, 1.165) is 42.2 Å². The van der Waals surface area contributed by atoms with Gasteiger partial charge in [0.15, 0.2) is 0 Å². The van der Waals surface area contributed by atoms with Crippen LogP contribution in [0.3, 0.4) is 0 Å². The van der Waals surface area contributed by atoms with Gasteiger partial charge in [-0.2, -0.15) is 0 Å². The number of aromatic nitrogens is 1. The summed E-state index contributed by atoms with van der Waals surface area (Å²) < 4.78 is 18.8. The molecule has 0 bridgehead atoms. The van der Waals surface area contributed by atoms with Crippen LogP contribution in [0.25, 0.3) is 6.08 Å². The number of carbonyl (C=O) groups excluding carboxylic acids is 1. The third-order valence-corrected chi connectivity index (χ3v) is 5.46. The van der Waals surface area contributed by atoms with Crippen molar-refractivity contribution < 1.29 is 13.9 Å². The Hall–Kier alpha value is -3.67. The van der Waals surface area contributed by atoms with Crippen LogP contribution in [-0.4, -0.2) is 30.5 Å². The maximum atomic E-state index is 13.1. The SMILES string of the molecule is O=C(/C=C/c1ccc(OCc2ccccn2)cc1)NCC1CCN(c2ccc(F)cc2)C1. The van der Waals surface area contributed by atoms with Crippen molar-refractivity contribution in [1.29, 1.82) is 0 Å². The van der Waals surface area contributed by atoms with E-state index in [1.165, 1.54) is 12.1 Å². The van der Waals surface area contributed by atoms with Crippen molar-refractivity contribution in [3.63, 3.8) is 0 Å². The summed E-state index contributed by atoms with van der Waals surface area (Å²) in [5.74, 6) is 0.799. The molecule has 3 aromatic rings. The molecule has 1 aliphatic heterocycles. The summed E-state index contributed by atoms with van der Waals surface area (Å²) in [5.41, 5.74) is 2.82. The lowest BCUT2D eigenvalue weighted by Crippen LogP contribution is -2.29. The minimum Gasteiger partial charge on any atom is -0.487 e. The maximum Gasteiger partial charge on any atom is 0.244 e. The van der Waals surface area contributed by atoms with Gasteiger partial charge in [-0.1, -0.05) is 18.2 Å². The van der Waals surface area contributed by atoms with Crippen LogP contribution in [0.2, 0.25) is 0 Å². The third kappa shape index (κ3) is 6.17. The van der Waals surface area contributed by atoms with Gasteiger partial charge in [-0.05, 0) is 72.5 Å². The van der Waals surface area contributed by atoms with E-state index in [1.54, 1.807) is 30.5 Å². The number of hydrogen-bond acceptors (Lipinski definition) is 4. The molecule has 6 heteroatoms. The van der Waals surface area contributed by atoms with Gasteiger partial charge < -0.3 is 15.0 Å². The number of pyridine rings is 1. The van der Waals surface area contributed by atoms with E-state index in [4.69, 9.17) is 4.74 Å². The highest BCUT2D eigenvalue weighted by atomic mass is 19.1. The highest BCUT2D eigenvalue weighted by Gasteiger charge is 2.22. The second-order valence-corrected chi connectivity index (χ2v) is 7.83. The van der Waals surface area contributed by atoms with E-state index in [1.807, 2.05) is 42.5 Å². The zero-order valence-electron chi connectivity index (χ0n) is 17.8. The number of carbonyl (C=O) groups is 1. The maximum absolute atomic E-state index is 13.1. The number of amides is 1. The molecule has 0 saturated carbocycles. The normalized spacial score (nSPS) is 15.8. The van der Waals surface area contributed by atoms with Crippen LogP contribution >= 0.6 is 0 Å². The van der Waals surface area contributed by atoms with Crippen LogP contribution in [-0.2, 0) is 11.4 Å². The van der Waals surface area contributed by atoms with Crippen molar-refractivity contribution in [2.45, 2.75) is 13.0 Å². The largest absolute Gasteiger partial charge is 0.487 e. The second kappa shape index (κ2) is 10.6. The van der Waals surface area contributed by atoms with Crippen LogP contribution < -0.4 is 15.0 Å². The summed E-state index contributed by atoms with van der Waals surface area (Å²) in [6, 6.07) is 19.9. The van der Waals surface area contributed by atoms with Crippen molar-refractivity contribution in [2.75, 3.05) is 24.5 Å². The molecule has 0 spiro atoms. The first kappa shape index (κ1) is 21.6. The second-order valence-electron chi connectivity index (χ2n) is 7.83. The summed E-state index contributed by atoms with van der Waals surface area (Å²) in [4.78, 5) is 18.7. The van der Waals surface area contributed by atoms with Gasteiger partial charge in [0.1, 0.15) is 18.2 Å². The van der Waals surface area contributed by atoms with Crippen molar-refractivity contribution in [3.8, 4) is 5.75 Å². The fraction of sp³-hybridized carbons (Fsp3) is 0.231. The molecule has 5 nitrogen and oxygen atoms in total. The molecule has 0 radical (unpaired) electrons. The molecule has 1 unspecified atom stereocenters. The molecule has 0 aliphatic carbocycles. The number of nitrogens with one attached hydrogen (secondary N) is 1. The zero-order chi connectivity index (χ0) is 22.2. The number of anilines is 1. The zero-order valence-corrected chi connectivity index (χ0v) is 17.8. The number of ether oxygens (including phenoxy) is 1. The first-order chi connectivity index (χ1) is 15.7. The molecule has 1 saturated heterocycles. The summed E-state index contributed by atoms with van der Waals surface area (Å²) >= 11 is 0. The van der Waals surface area contributed by atoms with Crippen LogP contribution in [0.15, 0.2) is 79.0 Å². The smallest absolute Gasteiger partial charge is 0.244 e. The Bertz CT molecular complexity index is 1040. The first-order valence-electron chi connectivity index (χ1n) is 10.7. The molecule has 4 rings (SSSR count). The van der Waals surface area contributed by atoms with E-state index in [0.29, 0.717) is 19.1 Å². The molecule has 1 N–H and O–H groups in total. The van der Waals surface area contributed by atoms with E-state index in [2.05, 4.69) is 15.2 Å². The highest BCUT2D eigenvalue weighted by Crippen LogP contribution is 2.23. The average molecular weight is 432 g/mol. The molecule has 1 aromatic heterocycles. The average Bonchev–Trinajstić information content (AvgIpc) is 3.31. The predicted octanol–water partition coefficient (Wildman–Crippen LogP) is 4.46. The van der Waals surface area contributed by atoms with Crippen molar-refractivity contribution in [2.24, 2.45) is 5.92 Å². The van der Waals surface area contributed by atoms with Crippen LogP contribution in [0.4, 0.5) is 10.1 Å². The van der Waals surface area contributed by atoms with Crippen molar-refractivity contribution in [3.05, 3.63) is 96.1 Å². The highest BCUT2D eigenvalue weighted by molar-refractivity contribution is 5.91. The van der Waals surface area contributed by atoms with E-state index in [9.17, 15) is 9.18 Å². The lowest BCUT2D eigenvalue weighted by atomic mass is 10.1. The van der Waals surface area contributed by atoms with Crippen LogP contribution in [0, 0.1) is 11.7 Å². The molecule has 1 atom stereocenters. The van der Waals surface area contributed by atoms with Gasteiger partial charge >= 0.3 is 0 Å². The molecule has 2 aromatic carbocycles. The van der Waals surface area contributed by atoms with Crippen LogP contribution in [0.5, 0.6) is 5.75 Å². The third-order valence-electron chi connectivity index (χ3n) is 5.46. The summed E-state index contributed by atoms with van der Waals surface area (Å²) in [6.07, 6.45) is 6.08. The predicted molar refractivity (Wildman–Crippen MR) is 124 cm³/mol. The number of nitrogens with zero attached hydrogens (tertiary/aromatic N) is 2. The van der Waals surface area contributed by atoms with E-state index < -0.39 is 0 Å². The minimum absolute atomic E-state index is 0.110. The molecular formula is C26H26FN3O2. The number of rotatable bonds is 8. The molecule has 1 fully saturated rings. The van der Waals surface area contributed by atoms with Crippen molar-refractivity contribution >= 4 is 17.7 Å². The quantitative estimate of drug-likeness (QED) is 0.535. The Morgan fingerprint density at radius 2 is 1.94 bits per heavy atom. The monoisotopic (exact) mass is 431 g/mol. The summed E-state index contributed by atoms with van der Waals surface area (Å²) in [6.45, 7) is 2.81. The van der Waals surface area contributed by atoms with Gasteiger partial charge in [-0.15, -0.1) is 0 Å². The fourth-order valence-corrected chi connectivity index (χ4v) is 3.68. The molecule has 164 valence electrons. The Morgan fingerprint density at radius 1 is 1.12 bits per heavy atom. The molecule has 1 aliphatic rings. The molecule has 1 amide bonds. The van der Waals surface area contributed by atoms with Crippen LogP contribution in [0.1, 0.15) is 17.7 Å². The summed E-state index contributed by atoms with van der Waals surface area (Å²) in [7, 11) is 0. The first-order valence-corrected chi connectivity index (χ1v) is 10.7. The van der Waals surface area contributed by atoms with Gasteiger partial charge in [0, 0.05) is 37.6 Å². The number of hydrogen-bond donors (Lipinski definition) is 1. The lowest BCUT2D eigenvalue weighted by Gasteiger charge is -2.18. The standard InChI is InChI=1S/C26H26FN3O2/c27-22-7-9-24(10-8-22)30-16-14-21(18-30)17-29-26(31)13-6-20-4-11-25(12-5-20)32-19-23-3-1-2-15-28-23/h1-13,15,21H,14,16-19H2,(H,29,31)/b13-6+. The van der Waals surface area contributed by atoms with Crippen molar-refractivity contribution in [1.82, 2.24) is 10.3 Å². The molecule has 2 heterocycles. The Balaban J connectivity index is 1.19. The minimum atomic E-state index is -0.227. The Morgan fingerprint density at radius 3 is 2.69 bits per heavy atom. The molecule has 32 heavy (non-hydrogen) atoms. The van der Waals surface area contributed by atoms with Gasteiger partial charge in [0.2, 0.25) is 5.91 Å². The fourth-order valence-electron chi connectivity index (χ4n) is 3.68. The van der Waals surface area contributed by atoms with E-state index in [-0.39, 0.29) is 11.7 Å². The summed E-state index contributed by atoms with van der Waals surface area (Å²) in [5, 5.41) is 2.98. The Kier molecular flexibility index (Phi) is 7.12. The topological polar surface area (TPSA) is 54.5 Å². The van der Waals surface area contributed by atoms with Gasteiger partial charge in [0.05, 0.1) is 5.69 Å². The van der Waals surface area contributed by atoms with Gasteiger partial charge in [0.25, 0.3) is 0 Å². The molecular weight excluding hydrogens is 405 g/mol. The van der Waals surface area contributed by atoms with Gasteiger partial charge in [-0.25, -0.2) is 4.39 Å². The van der Waals surface area contributed by atoms with E-state index >= 15 is 0 Å².